The number of para-hydroxylation sites is 1. The Bertz CT molecular complexity index is 503. The van der Waals surface area contributed by atoms with Gasteiger partial charge in [-0.2, -0.15) is 0 Å². The Morgan fingerprint density at radius 3 is 2.94 bits per heavy atom. The molecule has 1 aliphatic rings. The molecular formula is C12H10N3W-. The number of rotatable bonds is 2. The van der Waals surface area contributed by atoms with Gasteiger partial charge in [0.05, 0.1) is 5.69 Å². The smallest absolute Gasteiger partial charge is 0.0665 e. The largest absolute Gasteiger partial charge is 0.449 e. The minimum absolute atomic E-state index is 0. The Labute approximate surface area is 108 Å². The van der Waals surface area contributed by atoms with Crippen LogP contribution in [0.25, 0.3) is 0 Å². The van der Waals surface area contributed by atoms with E-state index < -0.39 is 0 Å². The molecule has 16 heavy (non-hydrogen) atoms. The normalized spacial score (nSPS) is 12.9. The van der Waals surface area contributed by atoms with E-state index in [1.54, 1.807) is 6.20 Å². The van der Waals surface area contributed by atoms with Crippen LogP contribution < -0.4 is 0 Å². The molecule has 3 rings (SSSR count). The average molecular weight is 380 g/mol. The van der Waals surface area contributed by atoms with Gasteiger partial charge in [0.15, 0.2) is 0 Å². The molecule has 2 aromatic rings. The van der Waals surface area contributed by atoms with E-state index in [0.717, 1.165) is 18.7 Å². The first-order chi connectivity index (χ1) is 7.42. The number of aromatic nitrogens is 2. The maximum Gasteiger partial charge on any atom is 0.0665 e. The molecule has 0 spiro atoms. The zero-order chi connectivity index (χ0) is 10.1. The van der Waals surface area contributed by atoms with E-state index in [4.69, 9.17) is 0 Å². The summed E-state index contributed by atoms with van der Waals surface area (Å²) in [5.74, 6) is 0. The topological polar surface area (TPSA) is 30.2 Å². The molecule has 0 atom stereocenters. The number of fused-ring (bicyclic) bond motifs is 1. The van der Waals surface area contributed by atoms with E-state index >= 15 is 0 Å². The van der Waals surface area contributed by atoms with Crippen LogP contribution in [0.2, 0.25) is 0 Å². The third kappa shape index (κ3) is 2.14. The van der Waals surface area contributed by atoms with Crippen molar-refractivity contribution < 1.29 is 21.1 Å². The van der Waals surface area contributed by atoms with E-state index in [1.807, 2.05) is 16.8 Å². The summed E-state index contributed by atoms with van der Waals surface area (Å²) in [6, 6.07) is 8.26. The van der Waals surface area contributed by atoms with Gasteiger partial charge in [0.25, 0.3) is 0 Å². The van der Waals surface area contributed by atoms with Crippen molar-refractivity contribution >= 4 is 11.4 Å². The van der Waals surface area contributed by atoms with Gasteiger partial charge in [-0.3, -0.25) is 4.99 Å². The number of hydrogen-bond donors (Lipinski definition) is 0. The number of benzene rings is 1. The first-order valence-corrected chi connectivity index (χ1v) is 4.95. The molecule has 2 heterocycles. The molecule has 0 amide bonds. The summed E-state index contributed by atoms with van der Waals surface area (Å²) >= 11 is 0. The van der Waals surface area contributed by atoms with Crippen molar-refractivity contribution in [3.63, 3.8) is 0 Å². The zero-order valence-electron chi connectivity index (χ0n) is 8.63. The maximum atomic E-state index is 4.57. The Balaban J connectivity index is 0.000000963. The van der Waals surface area contributed by atoms with Crippen molar-refractivity contribution in [2.75, 3.05) is 0 Å². The fraction of sp³-hybridized carbons (Fsp3) is 0.167. The van der Waals surface area contributed by atoms with Gasteiger partial charge in [-0.1, -0.05) is 18.2 Å². The molecule has 1 aromatic carbocycles. The Kier molecular flexibility index (Phi) is 3.35. The number of nitrogens with zero attached hydrogens (tertiary/aromatic N) is 3. The summed E-state index contributed by atoms with van der Waals surface area (Å²) in [6.45, 7) is 0.786. The van der Waals surface area contributed by atoms with Crippen LogP contribution in [-0.4, -0.2) is 15.3 Å². The minimum Gasteiger partial charge on any atom is -0.449 e. The molecule has 3 nitrogen and oxygen atoms in total. The molecule has 80 valence electrons. The van der Waals surface area contributed by atoms with Crippen molar-refractivity contribution in [1.82, 2.24) is 9.55 Å². The molecular weight excluding hydrogens is 370 g/mol. The van der Waals surface area contributed by atoms with E-state index in [0.29, 0.717) is 0 Å². The van der Waals surface area contributed by atoms with Crippen LogP contribution in [0.4, 0.5) is 5.69 Å². The first kappa shape index (κ1) is 11.3. The molecule has 0 saturated heterocycles. The maximum absolute atomic E-state index is 4.57. The monoisotopic (exact) mass is 380 g/mol. The number of aliphatic imine (C=N–C) groups is 1. The molecule has 0 bridgehead atoms. The van der Waals surface area contributed by atoms with Crippen molar-refractivity contribution in [2.45, 2.75) is 13.0 Å². The molecule has 1 aliphatic heterocycles. The quantitative estimate of drug-likeness (QED) is 0.734. The van der Waals surface area contributed by atoms with Gasteiger partial charge in [-0.15, -0.1) is 12.4 Å². The van der Waals surface area contributed by atoms with Crippen LogP contribution in [0.15, 0.2) is 41.7 Å². The second-order valence-electron chi connectivity index (χ2n) is 3.64. The number of imidazole rings is 1. The summed E-state index contributed by atoms with van der Waals surface area (Å²) in [5.41, 5.74) is 3.59. The van der Waals surface area contributed by atoms with E-state index in [9.17, 15) is 0 Å². The molecule has 4 heteroatoms. The van der Waals surface area contributed by atoms with Gasteiger partial charge in [0.1, 0.15) is 0 Å². The molecule has 0 fully saturated rings. The second-order valence-corrected chi connectivity index (χ2v) is 3.64. The van der Waals surface area contributed by atoms with Crippen LogP contribution in [-0.2, 0) is 34.0 Å². The summed E-state index contributed by atoms with van der Waals surface area (Å²) in [4.78, 5) is 8.47. The molecule has 0 unspecified atom stereocenters. The zero-order valence-corrected chi connectivity index (χ0v) is 11.6. The molecule has 0 radical (unpaired) electrons. The van der Waals surface area contributed by atoms with Gasteiger partial charge in [0, 0.05) is 46.1 Å². The Morgan fingerprint density at radius 1 is 1.31 bits per heavy atom. The molecule has 0 N–H and O–H groups in total. The van der Waals surface area contributed by atoms with Crippen LogP contribution in [0, 0.1) is 6.33 Å². The fourth-order valence-electron chi connectivity index (χ4n) is 1.83. The summed E-state index contributed by atoms with van der Waals surface area (Å²) in [6.07, 6.45) is 7.47. The molecule has 1 aromatic heterocycles. The van der Waals surface area contributed by atoms with Gasteiger partial charge in [-0.05, 0) is 11.6 Å². The van der Waals surface area contributed by atoms with E-state index in [-0.39, 0.29) is 21.1 Å². The van der Waals surface area contributed by atoms with Crippen LogP contribution in [0.1, 0.15) is 5.56 Å². The molecule has 0 aliphatic carbocycles. The van der Waals surface area contributed by atoms with E-state index in [1.165, 1.54) is 11.3 Å². The minimum atomic E-state index is 0. The third-order valence-electron chi connectivity index (χ3n) is 2.52. The van der Waals surface area contributed by atoms with Gasteiger partial charge < -0.3 is 9.55 Å². The predicted octanol–water partition coefficient (Wildman–Crippen LogP) is 2.01. The summed E-state index contributed by atoms with van der Waals surface area (Å²) in [7, 11) is 0. The number of hydrogen-bond acceptors (Lipinski definition) is 2. The van der Waals surface area contributed by atoms with Gasteiger partial charge in [0.2, 0.25) is 0 Å². The second kappa shape index (κ2) is 4.75. The van der Waals surface area contributed by atoms with E-state index in [2.05, 4.69) is 34.5 Å². The average Bonchev–Trinajstić information content (AvgIpc) is 2.86. The van der Waals surface area contributed by atoms with Crippen LogP contribution >= 0.6 is 0 Å². The standard InChI is InChI=1S/C12H10N3.W/c1-2-4-12-10(3-1)7-11(14-12)8-15-6-5-13-9-15;/h1-6H,7-8H2;/q-1;. The predicted molar refractivity (Wildman–Crippen MR) is 58.3 cm³/mol. The Morgan fingerprint density at radius 2 is 2.19 bits per heavy atom. The van der Waals surface area contributed by atoms with Crippen molar-refractivity contribution in [2.24, 2.45) is 4.99 Å². The third-order valence-corrected chi connectivity index (χ3v) is 2.52. The van der Waals surface area contributed by atoms with Crippen molar-refractivity contribution in [3.05, 3.63) is 48.5 Å². The fourth-order valence-corrected chi connectivity index (χ4v) is 1.83. The van der Waals surface area contributed by atoms with Crippen molar-refractivity contribution in [3.8, 4) is 0 Å². The van der Waals surface area contributed by atoms with Crippen LogP contribution in [0.3, 0.4) is 0 Å². The molecule has 0 saturated carbocycles. The first-order valence-electron chi connectivity index (χ1n) is 4.95. The summed E-state index contributed by atoms with van der Waals surface area (Å²) < 4.78 is 1.92. The van der Waals surface area contributed by atoms with Crippen molar-refractivity contribution in [1.29, 1.82) is 0 Å². The van der Waals surface area contributed by atoms with Gasteiger partial charge >= 0.3 is 0 Å². The Hall–Kier alpha value is -1.21. The van der Waals surface area contributed by atoms with Gasteiger partial charge in [-0.25, -0.2) is 0 Å². The summed E-state index contributed by atoms with van der Waals surface area (Å²) in [5, 5.41) is 0. The SMILES string of the molecule is [W].[c-]1nccn1CC1=Nc2ccccc2C1. The van der Waals surface area contributed by atoms with Crippen LogP contribution in [0.5, 0.6) is 0 Å².